The highest BCUT2D eigenvalue weighted by Gasteiger charge is 2.44. The molecule has 120 valence electrons. The first-order valence-electron chi connectivity index (χ1n) is 8.86. The number of allylic oxidation sites excluding steroid dienone is 4. The summed E-state index contributed by atoms with van der Waals surface area (Å²) in [6.07, 6.45) is 11.7. The summed E-state index contributed by atoms with van der Waals surface area (Å²) in [4.78, 5) is 0. The molecule has 0 aromatic rings. The number of aliphatic hydroxyl groups is 1. The first kappa shape index (κ1) is 16.8. The van der Waals surface area contributed by atoms with Gasteiger partial charge < -0.3 is 5.11 Å². The van der Waals surface area contributed by atoms with Crippen molar-refractivity contribution in [1.82, 2.24) is 0 Å². The van der Waals surface area contributed by atoms with Crippen molar-refractivity contribution >= 4 is 0 Å². The molecule has 1 fully saturated rings. The molecule has 0 radical (unpaired) electrons. The number of rotatable bonds is 1. The third-order valence-corrected chi connectivity index (χ3v) is 5.96. The Labute approximate surface area is 131 Å². The fourth-order valence-corrected chi connectivity index (χ4v) is 4.51. The van der Waals surface area contributed by atoms with Crippen LogP contribution < -0.4 is 0 Å². The van der Waals surface area contributed by atoms with Gasteiger partial charge in [0.2, 0.25) is 0 Å². The standard InChI is InChI=1S/C20H34O/c1-14(2)17-11-12-20(5,21)19-10-9-15(3)7-6-8-16(4)13-18(17)19/h7,13-14,17-19,21H,6,8-12H2,1-5H3. The van der Waals surface area contributed by atoms with E-state index in [4.69, 9.17) is 0 Å². The average molecular weight is 290 g/mol. The maximum Gasteiger partial charge on any atom is 0.0653 e. The number of hydrogen-bond donors (Lipinski definition) is 1. The molecule has 0 amide bonds. The van der Waals surface area contributed by atoms with Crippen LogP contribution in [0, 0.1) is 23.7 Å². The highest BCUT2D eigenvalue weighted by molar-refractivity contribution is 5.12. The Hall–Kier alpha value is -0.560. The molecule has 0 spiro atoms. The molecule has 2 aliphatic rings. The molecule has 1 heteroatoms. The molecule has 4 unspecified atom stereocenters. The van der Waals surface area contributed by atoms with Crippen molar-refractivity contribution in [3.05, 3.63) is 23.3 Å². The largest absolute Gasteiger partial charge is 0.390 e. The van der Waals surface area contributed by atoms with Crippen LogP contribution in [0.25, 0.3) is 0 Å². The van der Waals surface area contributed by atoms with Gasteiger partial charge in [-0.15, -0.1) is 0 Å². The first-order valence-corrected chi connectivity index (χ1v) is 8.86. The van der Waals surface area contributed by atoms with Crippen molar-refractivity contribution in [3.63, 3.8) is 0 Å². The summed E-state index contributed by atoms with van der Waals surface area (Å²) in [7, 11) is 0. The minimum atomic E-state index is -0.494. The van der Waals surface area contributed by atoms with Crippen LogP contribution in [0.2, 0.25) is 0 Å². The van der Waals surface area contributed by atoms with E-state index in [1.807, 2.05) is 0 Å². The zero-order chi connectivity index (χ0) is 15.6. The second-order valence-corrected chi connectivity index (χ2v) is 8.13. The van der Waals surface area contributed by atoms with E-state index in [0.717, 1.165) is 25.2 Å². The smallest absolute Gasteiger partial charge is 0.0653 e. The molecule has 4 atom stereocenters. The molecule has 1 saturated carbocycles. The minimum Gasteiger partial charge on any atom is -0.390 e. The second-order valence-electron chi connectivity index (χ2n) is 8.13. The van der Waals surface area contributed by atoms with Gasteiger partial charge >= 0.3 is 0 Å². The van der Waals surface area contributed by atoms with Crippen LogP contribution in [0.1, 0.15) is 73.1 Å². The lowest BCUT2D eigenvalue weighted by atomic mass is 9.60. The van der Waals surface area contributed by atoms with Crippen molar-refractivity contribution in [2.24, 2.45) is 23.7 Å². The van der Waals surface area contributed by atoms with Gasteiger partial charge in [0.05, 0.1) is 5.60 Å². The maximum absolute atomic E-state index is 11.0. The van der Waals surface area contributed by atoms with E-state index in [2.05, 4.69) is 46.8 Å². The fraction of sp³-hybridized carbons (Fsp3) is 0.800. The van der Waals surface area contributed by atoms with E-state index in [0.29, 0.717) is 17.8 Å². The van der Waals surface area contributed by atoms with E-state index in [9.17, 15) is 5.11 Å². The van der Waals surface area contributed by atoms with Gasteiger partial charge in [0.1, 0.15) is 0 Å². The predicted octanol–water partition coefficient (Wildman–Crippen LogP) is 5.50. The van der Waals surface area contributed by atoms with Gasteiger partial charge in [-0.1, -0.05) is 37.1 Å². The summed E-state index contributed by atoms with van der Waals surface area (Å²) in [5.74, 6) is 2.40. The monoisotopic (exact) mass is 290 g/mol. The summed E-state index contributed by atoms with van der Waals surface area (Å²) in [5, 5.41) is 11.0. The van der Waals surface area contributed by atoms with Crippen LogP contribution in [0.5, 0.6) is 0 Å². The van der Waals surface area contributed by atoms with Crippen LogP contribution in [0.3, 0.4) is 0 Å². The third kappa shape index (κ3) is 4.00. The second kappa shape index (κ2) is 6.69. The van der Waals surface area contributed by atoms with Gasteiger partial charge in [-0.3, -0.25) is 0 Å². The molecular weight excluding hydrogens is 256 g/mol. The van der Waals surface area contributed by atoms with Gasteiger partial charge in [-0.2, -0.15) is 0 Å². The van der Waals surface area contributed by atoms with Crippen LogP contribution in [0.15, 0.2) is 23.3 Å². The molecule has 0 saturated heterocycles. The zero-order valence-electron chi connectivity index (χ0n) is 14.7. The van der Waals surface area contributed by atoms with Crippen molar-refractivity contribution in [2.45, 2.75) is 78.7 Å². The SMILES string of the molecule is CC1=CC2C(C(C)C)CCC(C)(O)C2CCC(C)=CCC1. The minimum absolute atomic E-state index is 0.412. The molecule has 0 aliphatic heterocycles. The van der Waals surface area contributed by atoms with E-state index in [-0.39, 0.29) is 0 Å². The number of fused-ring (bicyclic) bond motifs is 1. The van der Waals surface area contributed by atoms with Crippen molar-refractivity contribution in [2.75, 3.05) is 0 Å². The molecule has 0 aromatic heterocycles. The topological polar surface area (TPSA) is 20.2 Å². The third-order valence-electron chi connectivity index (χ3n) is 5.96. The van der Waals surface area contributed by atoms with Crippen molar-refractivity contribution in [3.8, 4) is 0 Å². The van der Waals surface area contributed by atoms with E-state index in [1.54, 1.807) is 0 Å². The highest BCUT2D eigenvalue weighted by atomic mass is 16.3. The molecule has 0 heterocycles. The molecule has 2 rings (SSSR count). The first-order chi connectivity index (χ1) is 9.81. The Morgan fingerprint density at radius 3 is 2.52 bits per heavy atom. The van der Waals surface area contributed by atoms with Gasteiger partial charge in [0, 0.05) is 0 Å². The Balaban J connectivity index is 2.35. The van der Waals surface area contributed by atoms with Gasteiger partial charge in [0.15, 0.2) is 0 Å². The molecule has 2 aliphatic carbocycles. The molecule has 1 N–H and O–H groups in total. The van der Waals surface area contributed by atoms with Crippen LogP contribution in [-0.2, 0) is 0 Å². The van der Waals surface area contributed by atoms with Crippen molar-refractivity contribution < 1.29 is 5.11 Å². The van der Waals surface area contributed by atoms with E-state index in [1.165, 1.54) is 30.4 Å². The zero-order valence-corrected chi connectivity index (χ0v) is 14.7. The van der Waals surface area contributed by atoms with Crippen LogP contribution >= 0.6 is 0 Å². The maximum atomic E-state index is 11.0. The summed E-state index contributed by atoms with van der Waals surface area (Å²) < 4.78 is 0. The summed E-state index contributed by atoms with van der Waals surface area (Å²) in [6.45, 7) is 11.3. The Morgan fingerprint density at radius 1 is 1.14 bits per heavy atom. The summed E-state index contributed by atoms with van der Waals surface area (Å²) in [5.41, 5.74) is 2.52. The van der Waals surface area contributed by atoms with Gasteiger partial charge in [0.25, 0.3) is 0 Å². The molecular formula is C20H34O. The lowest BCUT2D eigenvalue weighted by Crippen LogP contribution is -2.47. The Bertz CT molecular complexity index is 414. The quantitative estimate of drug-likeness (QED) is 0.632. The lowest BCUT2D eigenvalue weighted by Gasteiger charge is -2.48. The van der Waals surface area contributed by atoms with Crippen LogP contribution in [-0.4, -0.2) is 10.7 Å². The van der Waals surface area contributed by atoms with Gasteiger partial charge in [-0.05, 0) is 83.0 Å². The highest BCUT2D eigenvalue weighted by Crippen LogP contribution is 2.48. The van der Waals surface area contributed by atoms with Gasteiger partial charge in [-0.25, -0.2) is 0 Å². The van der Waals surface area contributed by atoms with Crippen LogP contribution in [0.4, 0.5) is 0 Å². The average Bonchev–Trinajstić information content (AvgIpc) is 2.36. The van der Waals surface area contributed by atoms with E-state index < -0.39 is 5.60 Å². The molecule has 21 heavy (non-hydrogen) atoms. The lowest BCUT2D eigenvalue weighted by molar-refractivity contribution is -0.0780. The summed E-state index contributed by atoms with van der Waals surface area (Å²) >= 11 is 0. The molecule has 1 nitrogen and oxygen atoms in total. The molecule has 0 aromatic carbocycles. The van der Waals surface area contributed by atoms with Crippen molar-refractivity contribution in [1.29, 1.82) is 0 Å². The fourth-order valence-electron chi connectivity index (χ4n) is 4.51. The summed E-state index contributed by atoms with van der Waals surface area (Å²) in [6, 6.07) is 0. The Morgan fingerprint density at radius 2 is 1.86 bits per heavy atom. The molecule has 0 bridgehead atoms. The number of hydrogen-bond acceptors (Lipinski definition) is 1. The van der Waals surface area contributed by atoms with E-state index >= 15 is 0 Å². The normalized spacial score (nSPS) is 38.5. The predicted molar refractivity (Wildman–Crippen MR) is 91.1 cm³/mol. The Kier molecular flexibility index (Phi) is 5.35.